The van der Waals surface area contributed by atoms with Gasteiger partial charge in [0.2, 0.25) is 15.9 Å². The lowest BCUT2D eigenvalue weighted by Gasteiger charge is -2.25. The number of rotatable bonds is 7. The molecule has 1 rings (SSSR count). The third kappa shape index (κ3) is 4.43. The number of anilines is 1. The second-order valence-electron chi connectivity index (χ2n) is 5.17. The quantitative estimate of drug-likeness (QED) is 0.753. The van der Waals surface area contributed by atoms with Crippen molar-refractivity contribution in [2.75, 3.05) is 17.7 Å². The van der Waals surface area contributed by atoms with Crippen molar-refractivity contribution in [1.29, 1.82) is 0 Å². The molecule has 7 heteroatoms. The fraction of sp³-hybridized carbons (Fsp3) is 0.500. The Morgan fingerprint density at radius 1 is 1.24 bits per heavy atom. The maximum atomic E-state index is 12.3. The molecular formula is C14H21ClN2O3S. The van der Waals surface area contributed by atoms with Crippen molar-refractivity contribution in [3.05, 3.63) is 29.8 Å². The summed E-state index contributed by atoms with van der Waals surface area (Å²) in [5.41, 5.74) is 1.23. The molecule has 1 aromatic carbocycles. The normalized spacial score (nSPS) is 12.2. The van der Waals surface area contributed by atoms with Gasteiger partial charge >= 0.3 is 0 Å². The summed E-state index contributed by atoms with van der Waals surface area (Å²) in [5.74, 6) is -0.427. The van der Waals surface area contributed by atoms with Gasteiger partial charge in [-0.15, -0.1) is 11.6 Å². The molecule has 1 amide bonds. The van der Waals surface area contributed by atoms with Gasteiger partial charge in [-0.2, -0.15) is 0 Å². The molecule has 1 aromatic rings. The molecule has 0 aliphatic rings. The third-order valence-electron chi connectivity index (χ3n) is 3.20. The van der Waals surface area contributed by atoms with Gasteiger partial charge in [0.15, 0.2) is 0 Å². The summed E-state index contributed by atoms with van der Waals surface area (Å²) in [6, 6.07) is 6.71. The van der Waals surface area contributed by atoms with E-state index in [1.54, 1.807) is 38.1 Å². The van der Waals surface area contributed by atoms with Gasteiger partial charge < -0.3 is 5.32 Å². The Bertz CT molecular complexity index is 583. The van der Waals surface area contributed by atoms with E-state index in [0.29, 0.717) is 17.8 Å². The van der Waals surface area contributed by atoms with E-state index in [4.69, 9.17) is 11.6 Å². The molecule has 5 nitrogen and oxygen atoms in total. The van der Waals surface area contributed by atoms with Crippen LogP contribution in [0.15, 0.2) is 24.3 Å². The van der Waals surface area contributed by atoms with Gasteiger partial charge in [-0.25, -0.2) is 13.1 Å². The lowest BCUT2D eigenvalue weighted by Crippen LogP contribution is -2.40. The first-order valence-corrected chi connectivity index (χ1v) is 8.72. The fourth-order valence-electron chi connectivity index (χ4n) is 1.72. The van der Waals surface area contributed by atoms with E-state index in [1.165, 1.54) is 0 Å². The van der Waals surface area contributed by atoms with E-state index >= 15 is 0 Å². The summed E-state index contributed by atoms with van der Waals surface area (Å²) in [6.45, 7) is 5.62. The summed E-state index contributed by atoms with van der Waals surface area (Å²) in [5, 5.41) is 2.61. The topological polar surface area (TPSA) is 75.3 Å². The molecule has 0 spiro atoms. The zero-order valence-corrected chi connectivity index (χ0v) is 14.0. The molecular weight excluding hydrogens is 312 g/mol. The lowest BCUT2D eigenvalue weighted by molar-refractivity contribution is -0.113. The highest BCUT2D eigenvalue weighted by Gasteiger charge is 2.35. The van der Waals surface area contributed by atoms with Crippen molar-refractivity contribution >= 4 is 33.2 Å². The van der Waals surface area contributed by atoms with Gasteiger partial charge in [0.05, 0.1) is 0 Å². The summed E-state index contributed by atoms with van der Waals surface area (Å²) in [4.78, 5) is 11.2. The molecule has 0 saturated heterocycles. The number of carbonyl (C=O) groups is 1. The summed E-state index contributed by atoms with van der Waals surface area (Å²) < 4.78 is 26.2. The zero-order chi connectivity index (χ0) is 16.1. The molecule has 2 N–H and O–H groups in total. The highest BCUT2D eigenvalue weighted by Crippen LogP contribution is 2.29. The van der Waals surface area contributed by atoms with Crippen LogP contribution in [0, 0.1) is 0 Å². The Morgan fingerprint density at radius 3 is 2.29 bits per heavy atom. The molecule has 0 bridgehead atoms. The molecule has 0 fully saturated rings. The number of amides is 1. The second-order valence-corrected chi connectivity index (χ2v) is 7.75. The van der Waals surface area contributed by atoms with Crippen LogP contribution in [0.3, 0.4) is 0 Å². The minimum atomic E-state index is -3.47. The van der Waals surface area contributed by atoms with Gasteiger partial charge in [0, 0.05) is 12.2 Å². The first kappa shape index (κ1) is 17.9. The Kier molecular flexibility index (Phi) is 6.19. The van der Waals surface area contributed by atoms with E-state index in [2.05, 4.69) is 10.0 Å². The summed E-state index contributed by atoms with van der Waals surface area (Å²) >= 11 is 5.41. The van der Waals surface area contributed by atoms with E-state index in [1.807, 2.05) is 6.92 Å². The number of halogens is 1. The molecule has 118 valence electrons. The molecule has 21 heavy (non-hydrogen) atoms. The Labute approximate surface area is 131 Å². The zero-order valence-electron chi connectivity index (χ0n) is 12.4. The highest BCUT2D eigenvalue weighted by atomic mass is 35.5. The number of carbonyl (C=O) groups excluding carboxylic acids is 1. The minimum absolute atomic E-state index is 0.122. The first-order chi connectivity index (χ1) is 9.74. The fourth-order valence-corrected chi connectivity index (χ4v) is 3.07. The SMILES string of the molecule is CCCNS(=O)(=O)C(C)(C)c1ccc(NC(=O)CCl)cc1. The first-order valence-electron chi connectivity index (χ1n) is 6.70. The molecule has 0 radical (unpaired) electrons. The summed E-state index contributed by atoms with van der Waals surface area (Å²) in [6.07, 6.45) is 0.735. The minimum Gasteiger partial charge on any atom is -0.325 e. The average Bonchev–Trinajstić information content (AvgIpc) is 2.45. The lowest BCUT2D eigenvalue weighted by atomic mass is 10.0. The Balaban J connectivity index is 2.96. The van der Waals surface area contributed by atoms with E-state index in [0.717, 1.165) is 6.42 Å². The van der Waals surface area contributed by atoms with Crippen LogP contribution in [0.5, 0.6) is 0 Å². The molecule has 0 atom stereocenters. The summed E-state index contributed by atoms with van der Waals surface area (Å²) in [7, 11) is -3.47. The maximum absolute atomic E-state index is 12.3. The van der Waals surface area contributed by atoms with Crippen LogP contribution in [0.1, 0.15) is 32.8 Å². The van der Waals surface area contributed by atoms with Crippen LogP contribution in [-0.2, 0) is 19.6 Å². The van der Waals surface area contributed by atoms with Crippen molar-refractivity contribution in [3.8, 4) is 0 Å². The number of sulfonamides is 1. The van der Waals surface area contributed by atoms with Crippen molar-refractivity contribution in [3.63, 3.8) is 0 Å². The largest absolute Gasteiger partial charge is 0.325 e. The van der Waals surface area contributed by atoms with Crippen molar-refractivity contribution in [2.24, 2.45) is 0 Å². The molecule has 0 unspecified atom stereocenters. The second kappa shape index (κ2) is 7.24. The standard InChI is InChI=1S/C14H21ClN2O3S/c1-4-9-16-21(19,20)14(2,3)11-5-7-12(8-6-11)17-13(18)10-15/h5-8,16H,4,9-10H2,1-3H3,(H,17,18). The average molecular weight is 333 g/mol. The van der Waals surface area contributed by atoms with E-state index < -0.39 is 14.8 Å². The van der Waals surface area contributed by atoms with Crippen molar-refractivity contribution in [2.45, 2.75) is 31.9 Å². The van der Waals surface area contributed by atoms with Crippen LogP contribution >= 0.6 is 11.6 Å². The van der Waals surface area contributed by atoms with E-state index in [9.17, 15) is 13.2 Å². The maximum Gasteiger partial charge on any atom is 0.239 e. The molecule has 0 heterocycles. The molecule has 0 aliphatic heterocycles. The van der Waals surface area contributed by atoms with Crippen LogP contribution in [0.4, 0.5) is 5.69 Å². The predicted molar refractivity (Wildman–Crippen MR) is 86.0 cm³/mol. The van der Waals surface area contributed by atoms with Gasteiger partial charge in [-0.3, -0.25) is 4.79 Å². The highest BCUT2D eigenvalue weighted by molar-refractivity contribution is 7.90. The smallest absolute Gasteiger partial charge is 0.239 e. The van der Waals surface area contributed by atoms with Crippen molar-refractivity contribution < 1.29 is 13.2 Å². The van der Waals surface area contributed by atoms with Gasteiger partial charge in [-0.1, -0.05) is 19.1 Å². The molecule has 0 aromatic heterocycles. The third-order valence-corrected chi connectivity index (χ3v) is 5.61. The molecule has 0 aliphatic carbocycles. The van der Waals surface area contributed by atoms with Gasteiger partial charge in [0.1, 0.15) is 10.6 Å². The number of hydrogen-bond donors (Lipinski definition) is 2. The van der Waals surface area contributed by atoms with Crippen LogP contribution in [0.2, 0.25) is 0 Å². The van der Waals surface area contributed by atoms with Gasteiger partial charge in [0.25, 0.3) is 0 Å². The Hall–Kier alpha value is -1.11. The predicted octanol–water partition coefficient (Wildman–Crippen LogP) is 2.43. The van der Waals surface area contributed by atoms with Crippen LogP contribution in [0.25, 0.3) is 0 Å². The molecule has 0 saturated carbocycles. The van der Waals surface area contributed by atoms with Crippen LogP contribution in [-0.4, -0.2) is 26.7 Å². The number of hydrogen-bond acceptors (Lipinski definition) is 3. The number of benzene rings is 1. The number of alkyl halides is 1. The Morgan fingerprint density at radius 2 is 1.81 bits per heavy atom. The number of nitrogens with one attached hydrogen (secondary N) is 2. The van der Waals surface area contributed by atoms with E-state index in [-0.39, 0.29) is 11.8 Å². The van der Waals surface area contributed by atoms with Crippen molar-refractivity contribution in [1.82, 2.24) is 4.72 Å². The monoisotopic (exact) mass is 332 g/mol. The van der Waals surface area contributed by atoms with Gasteiger partial charge in [-0.05, 0) is 38.0 Å². The van der Waals surface area contributed by atoms with Crippen LogP contribution < -0.4 is 10.0 Å².